The van der Waals surface area contributed by atoms with Crippen molar-refractivity contribution in [1.82, 2.24) is 29.8 Å². The van der Waals surface area contributed by atoms with Gasteiger partial charge in [0.05, 0.1) is 23.2 Å². The molecule has 4 aromatic rings. The highest BCUT2D eigenvalue weighted by atomic mass is 19.1. The number of fused-ring (bicyclic) bond motifs is 2. The molecular formula is C18H13FN8. The van der Waals surface area contributed by atoms with E-state index in [0.717, 1.165) is 17.8 Å². The van der Waals surface area contributed by atoms with Gasteiger partial charge in [-0.15, -0.1) is 10.2 Å². The largest absolute Gasteiger partial charge is 0.348 e. The van der Waals surface area contributed by atoms with E-state index in [1.165, 1.54) is 10.6 Å². The standard InChI is InChI=1S/C18H13FN8/c19-15-3-1-2-12-8-14(25-27(12)15)18-17-13(21-10-22-17)6-7-26(18)16-5-4-11(9-20)23-24-16/h1-5,8,10,18H,6-7H2,(H,21,22)/t18-/m0/s1. The van der Waals surface area contributed by atoms with Gasteiger partial charge in [-0.25, -0.2) is 9.50 Å². The van der Waals surface area contributed by atoms with E-state index < -0.39 is 5.95 Å². The first kappa shape index (κ1) is 15.5. The molecule has 5 heterocycles. The highest BCUT2D eigenvalue weighted by Crippen LogP contribution is 2.35. The first-order valence-corrected chi connectivity index (χ1v) is 8.41. The lowest BCUT2D eigenvalue weighted by molar-refractivity contribution is 0.535. The molecule has 0 spiro atoms. The van der Waals surface area contributed by atoms with E-state index in [0.29, 0.717) is 23.6 Å². The van der Waals surface area contributed by atoms with E-state index in [1.807, 2.05) is 17.0 Å². The molecule has 1 N–H and O–H groups in total. The molecule has 0 saturated carbocycles. The molecule has 0 saturated heterocycles. The number of anilines is 1. The summed E-state index contributed by atoms with van der Waals surface area (Å²) in [6, 6.07) is 11.7. The Kier molecular flexibility index (Phi) is 3.36. The minimum absolute atomic E-state index is 0.252. The maximum Gasteiger partial charge on any atom is 0.214 e. The summed E-state index contributed by atoms with van der Waals surface area (Å²) in [6.45, 7) is 0.663. The number of pyridine rings is 1. The van der Waals surface area contributed by atoms with Crippen molar-refractivity contribution in [3.63, 3.8) is 0 Å². The zero-order chi connectivity index (χ0) is 18.4. The van der Waals surface area contributed by atoms with Crippen molar-refractivity contribution in [3.8, 4) is 6.07 Å². The molecule has 27 heavy (non-hydrogen) atoms. The van der Waals surface area contributed by atoms with Gasteiger partial charge in [0.1, 0.15) is 12.1 Å². The van der Waals surface area contributed by atoms with Gasteiger partial charge in [0.2, 0.25) is 5.95 Å². The molecule has 0 aromatic carbocycles. The number of hydrogen-bond donors (Lipinski definition) is 1. The molecular weight excluding hydrogens is 347 g/mol. The maximum atomic E-state index is 14.1. The smallest absolute Gasteiger partial charge is 0.214 e. The molecule has 5 rings (SSSR count). The summed E-state index contributed by atoms with van der Waals surface area (Å²) < 4.78 is 15.4. The van der Waals surface area contributed by atoms with E-state index in [4.69, 9.17) is 5.26 Å². The molecule has 8 nitrogen and oxygen atoms in total. The second kappa shape index (κ2) is 5.88. The fourth-order valence-corrected chi connectivity index (χ4v) is 3.50. The number of rotatable bonds is 2. The van der Waals surface area contributed by atoms with Crippen molar-refractivity contribution in [3.05, 3.63) is 71.4 Å². The van der Waals surface area contributed by atoms with Crippen LogP contribution in [0.25, 0.3) is 5.52 Å². The van der Waals surface area contributed by atoms with Crippen LogP contribution in [0.15, 0.2) is 42.7 Å². The van der Waals surface area contributed by atoms with Crippen LogP contribution in [-0.4, -0.2) is 36.3 Å². The van der Waals surface area contributed by atoms with Gasteiger partial charge in [-0.2, -0.15) is 14.8 Å². The van der Waals surface area contributed by atoms with Crippen molar-refractivity contribution < 1.29 is 4.39 Å². The monoisotopic (exact) mass is 360 g/mol. The zero-order valence-electron chi connectivity index (χ0n) is 14.0. The van der Waals surface area contributed by atoms with Crippen LogP contribution in [0.5, 0.6) is 0 Å². The highest BCUT2D eigenvalue weighted by Gasteiger charge is 2.34. The third-order valence-electron chi connectivity index (χ3n) is 4.72. The van der Waals surface area contributed by atoms with Crippen molar-refractivity contribution in [2.24, 2.45) is 0 Å². The predicted octanol–water partition coefficient (Wildman–Crippen LogP) is 2.01. The van der Waals surface area contributed by atoms with Crippen LogP contribution in [0.2, 0.25) is 0 Å². The fourth-order valence-electron chi connectivity index (χ4n) is 3.50. The van der Waals surface area contributed by atoms with Crippen molar-refractivity contribution in [2.45, 2.75) is 12.5 Å². The Hall–Kier alpha value is -3.80. The van der Waals surface area contributed by atoms with Crippen LogP contribution in [0, 0.1) is 17.3 Å². The molecule has 132 valence electrons. The molecule has 0 unspecified atom stereocenters. The molecule has 0 radical (unpaired) electrons. The second-order valence-electron chi connectivity index (χ2n) is 6.26. The summed E-state index contributed by atoms with van der Waals surface area (Å²) in [5.74, 6) is 0.187. The van der Waals surface area contributed by atoms with Crippen molar-refractivity contribution >= 4 is 11.3 Å². The number of H-pyrrole nitrogens is 1. The van der Waals surface area contributed by atoms with Gasteiger partial charge in [-0.1, -0.05) is 6.07 Å². The van der Waals surface area contributed by atoms with Crippen LogP contribution >= 0.6 is 0 Å². The van der Waals surface area contributed by atoms with Crippen molar-refractivity contribution in [2.75, 3.05) is 11.4 Å². The van der Waals surface area contributed by atoms with Crippen LogP contribution in [0.1, 0.15) is 28.8 Å². The normalized spacial score (nSPS) is 16.3. The Bertz CT molecular complexity index is 1170. The topological polar surface area (TPSA) is 98.8 Å². The quantitative estimate of drug-likeness (QED) is 0.549. The third-order valence-corrected chi connectivity index (χ3v) is 4.72. The Labute approximate surface area is 152 Å². The molecule has 0 bridgehead atoms. The number of hydrogen-bond acceptors (Lipinski definition) is 6. The van der Waals surface area contributed by atoms with Crippen LogP contribution < -0.4 is 4.90 Å². The van der Waals surface area contributed by atoms with Gasteiger partial charge >= 0.3 is 0 Å². The molecule has 4 aromatic heterocycles. The highest BCUT2D eigenvalue weighted by molar-refractivity contribution is 5.53. The minimum Gasteiger partial charge on any atom is -0.348 e. The number of nitrogens with zero attached hydrogens (tertiary/aromatic N) is 7. The minimum atomic E-state index is -0.429. The van der Waals surface area contributed by atoms with Gasteiger partial charge in [0, 0.05) is 18.7 Å². The van der Waals surface area contributed by atoms with E-state index in [1.54, 1.807) is 30.6 Å². The van der Waals surface area contributed by atoms with Gasteiger partial charge < -0.3 is 9.88 Å². The number of nitriles is 1. The van der Waals surface area contributed by atoms with Gasteiger partial charge in [-0.3, -0.25) is 0 Å². The molecule has 1 aliphatic rings. The van der Waals surface area contributed by atoms with Crippen LogP contribution in [0.3, 0.4) is 0 Å². The third kappa shape index (κ3) is 2.42. The summed E-state index contributed by atoms with van der Waals surface area (Å²) in [6.07, 6.45) is 2.41. The Balaban J connectivity index is 1.66. The zero-order valence-corrected chi connectivity index (χ0v) is 14.0. The lowest BCUT2D eigenvalue weighted by atomic mass is 10.00. The summed E-state index contributed by atoms with van der Waals surface area (Å²) in [4.78, 5) is 9.67. The Morgan fingerprint density at radius 2 is 2.15 bits per heavy atom. The van der Waals surface area contributed by atoms with Crippen LogP contribution in [0.4, 0.5) is 10.2 Å². The molecule has 1 aliphatic heterocycles. The summed E-state index contributed by atoms with van der Waals surface area (Å²) in [5.41, 5.74) is 3.44. The fraction of sp³-hybridized carbons (Fsp3) is 0.167. The summed E-state index contributed by atoms with van der Waals surface area (Å²) >= 11 is 0. The van der Waals surface area contributed by atoms with Gasteiger partial charge in [0.25, 0.3) is 0 Å². The average molecular weight is 360 g/mol. The second-order valence-corrected chi connectivity index (χ2v) is 6.26. The number of aromatic nitrogens is 6. The predicted molar refractivity (Wildman–Crippen MR) is 93.4 cm³/mol. The van der Waals surface area contributed by atoms with E-state index in [9.17, 15) is 4.39 Å². The Morgan fingerprint density at radius 1 is 1.22 bits per heavy atom. The molecule has 0 aliphatic carbocycles. The van der Waals surface area contributed by atoms with Gasteiger partial charge in [-0.05, 0) is 30.3 Å². The number of imidazole rings is 1. The summed E-state index contributed by atoms with van der Waals surface area (Å²) in [5, 5.41) is 21.5. The lowest BCUT2D eigenvalue weighted by Crippen LogP contribution is -2.37. The lowest BCUT2D eigenvalue weighted by Gasteiger charge is -2.34. The van der Waals surface area contributed by atoms with Gasteiger partial charge in [0.15, 0.2) is 11.5 Å². The first-order valence-electron chi connectivity index (χ1n) is 8.41. The Morgan fingerprint density at radius 3 is 2.93 bits per heavy atom. The van der Waals surface area contributed by atoms with E-state index >= 15 is 0 Å². The van der Waals surface area contributed by atoms with Crippen LogP contribution in [-0.2, 0) is 6.42 Å². The first-order chi connectivity index (χ1) is 13.2. The SMILES string of the molecule is N#Cc1ccc(N2CCc3[nH]cnc3[C@@H]2c2cc3cccc(F)n3n2)nn1. The molecule has 9 heteroatoms. The summed E-state index contributed by atoms with van der Waals surface area (Å²) in [7, 11) is 0. The molecule has 0 amide bonds. The van der Waals surface area contributed by atoms with Crippen molar-refractivity contribution in [1.29, 1.82) is 5.26 Å². The molecule has 1 atom stereocenters. The molecule has 0 fully saturated rings. The number of halogens is 1. The van der Waals surface area contributed by atoms with E-state index in [2.05, 4.69) is 25.3 Å². The maximum absolute atomic E-state index is 14.1. The number of nitrogens with one attached hydrogen (secondary N) is 1. The van der Waals surface area contributed by atoms with E-state index in [-0.39, 0.29) is 11.7 Å². The average Bonchev–Trinajstić information content (AvgIpc) is 3.35. The number of aromatic amines is 1.